The Bertz CT molecular complexity index is 680. The zero-order chi connectivity index (χ0) is 15.2. The number of carbonyl (C=O) groups is 1. The Kier molecular flexibility index (Phi) is 5.17. The third-order valence-electron chi connectivity index (χ3n) is 3.01. The number of nitrogens with one attached hydrogen (secondary N) is 1. The van der Waals surface area contributed by atoms with Gasteiger partial charge in [-0.15, -0.1) is 0 Å². The van der Waals surface area contributed by atoms with Crippen LogP contribution >= 0.6 is 15.9 Å². The van der Waals surface area contributed by atoms with Gasteiger partial charge in [-0.05, 0) is 58.3 Å². The van der Waals surface area contributed by atoms with E-state index in [0.717, 1.165) is 27.0 Å². The van der Waals surface area contributed by atoms with E-state index < -0.39 is 0 Å². The van der Waals surface area contributed by atoms with E-state index in [0.29, 0.717) is 0 Å². The maximum absolute atomic E-state index is 11.9. The summed E-state index contributed by atoms with van der Waals surface area (Å²) in [4.78, 5) is 11.9. The fraction of sp³-hybridized carbons (Fsp3) is 0.118. The summed E-state index contributed by atoms with van der Waals surface area (Å²) >= 11 is 3.42. The number of aryl methyl sites for hydroxylation is 1. The molecule has 2 aromatic rings. The minimum Gasteiger partial charge on any atom is -0.496 e. The van der Waals surface area contributed by atoms with Gasteiger partial charge < -0.3 is 10.1 Å². The highest BCUT2D eigenvalue weighted by molar-refractivity contribution is 9.10. The third-order valence-corrected chi connectivity index (χ3v) is 3.63. The monoisotopic (exact) mass is 345 g/mol. The van der Waals surface area contributed by atoms with Crippen LogP contribution in [0, 0.1) is 6.92 Å². The Balaban J connectivity index is 2.05. The van der Waals surface area contributed by atoms with Gasteiger partial charge >= 0.3 is 0 Å². The number of hydrogen-bond donors (Lipinski definition) is 1. The Morgan fingerprint density at radius 3 is 2.67 bits per heavy atom. The molecule has 0 bridgehead atoms. The van der Waals surface area contributed by atoms with E-state index in [2.05, 4.69) is 21.2 Å². The van der Waals surface area contributed by atoms with Crippen LogP contribution in [-0.4, -0.2) is 13.0 Å². The first-order valence-electron chi connectivity index (χ1n) is 6.48. The number of halogens is 1. The predicted molar refractivity (Wildman–Crippen MR) is 89.5 cm³/mol. The number of anilines is 1. The molecule has 4 heteroatoms. The number of amides is 1. The molecule has 0 radical (unpaired) electrons. The van der Waals surface area contributed by atoms with Gasteiger partial charge in [-0.25, -0.2) is 0 Å². The Hall–Kier alpha value is -2.07. The Labute approximate surface area is 132 Å². The van der Waals surface area contributed by atoms with Gasteiger partial charge in [0.2, 0.25) is 5.91 Å². The minimum atomic E-state index is -0.156. The van der Waals surface area contributed by atoms with Crippen LogP contribution in [0.1, 0.15) is 11.1 Å². The lowest BCUT2D eigenvalue weighted by Crippen LogP contribution is -2.08. The van der Waals surface area contributed by atoms with Crippen molar-refractivity contribution >= 4 is 33.6 Å². The largest absolute Gasteiger partial charge is 0.496 e. The van der Waals surface area contributed by atoms with Crippen molar-refractivity contribution in [3.8, 4) is 5.75 Å². The summed E-state index contributed by atoms with van der Waals surface area (Å²) in [6, 6.07) is 13.3. The molecule has 0 heterocycles. The molecular formula is C17H16BrNO2. The van der Waals surface area contributed by atoms with E-state index in [1.165, 1.54) is 6.08 Å². The fourth-order valence-corrected chi connectivity index (χ4v) is 2.40. The first kappa shape index (κ1) is 15.3. The maximum atomic E-state index is 11.9. The second-order valence-electron chi connectivity index (χ2n) is 4.53. The number of carbonyl (C=O) groups excluding carboxylic acids is 1. The summed E-state index contributed by atoms with van der Waals surface area (Å²) in [6.45, 7) is 1.96. The standard InChI is InChI=1S/C17H16BrNO2/c1-12-5-3-4-6-15(12)19-17(20)10-8-13-7-9-16(21-2)14(18)11-13/h3-11H,1-2H3,(H,19,20). The smallest absolute Gasteiger partial charge is 0.248 e. The highest BCUT2D eigenvalue weighted by Crippen LogP contribution is 2.26. The topological polar surface area (TPSA) is 38.3 Å². The van der Waals surface area contributed by atoms with Crippen molar-refractivity contribution in [3.05, 3.63) is 64.1 Å². The Morgan fingerprint density at radius 1 is 1.24 bits per heavy atom. The molecule has 0 spiro atoms. The molecule has 0 saturated carbocycles. The van der Waals surface area contributed by atoms with Crippen LogP contribution in [0.3, 0.4) is 0 Å². The molecule has 0 aliphatic rings. The van der Waals surface area contributed by atoms with Crippen LogP contribution in [0.15, 0.2) is 53.0 Å². The molecular weight excluding hydrogens is 330 g/mol. The number of ether oxygens (including phenoxy) is 1. The molecule has 2 rings (SSSR count). The molecule has 21 heavy (non-hydrogen) atoms. The van der Waals surface area contributed by atoms with Crippen LogP contribution in [0.25, 0.3) is 6.08 Å². The first-order valence-corrected chi connectivity index (χ1v) is 7.27. The van der Waals surface area contributed by atoms with Crippen molar-refractivity contribution in [2.75, 3.05) is 12.4 Å². The molecule has 0 aliphatic carbocycles. The van der Waals surface area contributed by atoms with E-state index >= 15 is 0 Å². The molecule has 1 amide bonds. The van der Waals surface area contributed by atoms with Crippen LogP contribution < -0.4 is 10.1 Å². The number of methoxy groups -OCH3 is 1. The third kappa shape index (κ3) is 4.20. The molecule has 108 valence electrons. The number of hydrogen-bond acceptors (Lipinski definition) is 2. The zero-order valence-electron chi connectivity index (χ0n) is 11.9. The lowest BCUT2D eigenvalue weighted by molar-refractivity contribution is -0.111. The number of para-hydroxylation sites is 1. The Morgan fingerprint density at radius 2 is 2.00 bits per heavy atom. The number of rotatable bonds is 4. The summed E-state index contributed by atoms with van der Waals surface area (Å²) < 4.78 is 6.02. The molecule has 0 saturated heterocycles. The lowest BCUT2D eigenvalue weighted by Gasteiger charge is -2.05. The minimum absolute atomic E-state index is 0.156. The van der Waals surface area contributed by atoms with Crippen LogP contribution in [0.2, 0.25) is 0 Å². The van der Waals surface area contributed by atoms with Crippen LogP contribution in [0.4, 0.5) is 5.69 Å². The second-order valence-corrected chi connectivity index (χ2v) is 5.39. The highest BCUT2D eigenvalue weighted by atomic mass is 79.9. The summed E-state index contributed by atoms with van der Waals surface area (Å²) in [5.74, 6) is 0.604. The predicted octanol–water partition coefficient (Wildman–Crippen LogP) is 4.42. The normalized spacial score (nSPS) is 10.6. The average Bonchev–Trinajstić information content (AvgIpc) is 2.48. The fourth-order valence-electron chi connectivity index (χ4n) is 1.85. The van der Waals surface area contributed by atoms with E-state index in [9.17, 15) is 4.79 Å². The molecule has 0 unspecified atom stereocenters. The van der Waals surface area contributed by atoms with Gasteiger partial charge in [-0.2, -0.15) is 0 Å². The first-order chi connectivity index (χ1) is 10.1. The summed E-state index contributed by atoms with van der Waals surface area (Å²) in [5.41, 5.74) is 2.78. The maximum Gasteiger partial charge on any atom is 0.248 e. The highest BCUT2D eigenvalue weighted by Gasteiger charge is 2.02. The molecule has 0 atom stereocenters. The summed E-state index contributed by atoms with van der Waals surface area (Å²) in [5, 5.41) is 2.86. The van der Waals surface area contributed by atoms with Gasteiger partial charge in [-0.3, -0.25) is 4.79 Å². The molecule has 1 N–H and O–H groups in total. The zero-order valence-corrected chi connectivity index (χ0v) is 13.5. The summed E-state index contributed by atoms with van der Waals surface area (Å²) in [6.07, 6.45) is 3.28. The lowest BCUT2D eigenvalue weighted by atomic mass is 10.2. The SMILES string of the molecule is COc1ccc(C=CC(=O)Nc2ccccc2C)cc1Br. The van der Waals surface area contributed by atoms with E-state index in [1.807, 2.05) is 49.4 Å². The van der Waals surface area contributed by atoms with Gasteiger partial charge in [0.1, 0.15) is 5.75 Å². The molecule has 0 aliphatic heterocycles. The van der Waals surface area contributed by atoms with Gasteiger partial charge in [0.25, 0.3) is 0 Å². The van der Waals surface area contributed by atoms with Crippen molar-refractivity contribution in [1.82, 2.24) is 0 Å². The quantitative estimate of drug-likeness (QED) is 0.833. The summed E-state index contributed by atoms with van der Waals surface area (Å²) in [7, 11) is 1.62. The average molecular weight is 346 g/mol. The number of benzene rings is 2. The van der Waals surface area contributed by atoms with Gasteiger partial charge in [0.05, 0.1) is 11.6 Å². The molecule has 0 fully saturated rings. The molecule has 3 nitrogen and oxygen atoms in total. The van der Waals surface area contributed by atoms with E-state index in [4.69, 9.17) is 4.74 Å². The van der Waals surface area contributed by atoms with Crippen molar-refractivity contribution in [3.63, 3.8) is 0 Å². The van der Waals surface area contributed by atoms with Crippen molar-refractivity contribution in [2.45, 2.75) is 6.92 Å². The van der Waals surface area contributed by atoms with Crippen LogP contribution in [0.5, 0.6) is 5.75 Å². The van der Waals surface area contributed by atoms with E-state index in [-0.39, 0.29) is 5.91 Å². The molecule has 2 aromatic carbocycles. The second kappa shape index (κ2) is 7.09. The molecule has 0 aromatic heterocycles. The van der Waals surface area contributed by atoms with E-state index in [1.54, 1.807) is 13.2 Å². The van der Waals surface area contributed by atoms with Gasteiger partial charge in [0.15, 0.2) is 0 Å². The van der Waals surface area contributed by atoms with Crippen molar-refractivity contribution in [2.24, 2.45) is 0 Å². The van der Waals surface area contributed by atoms with Gasteiger partial charge in [-0.1, -0.05) is 24.3 Å². The van der Waals surface area contributed by atoms with Crippen molar-refractivity contribution in [1.29, 1.82) is 0 Å². The van der Waals surface area contributed by atoms with Crippen molar-refractivity contribution < 1.29 is 9.53 Å². The van der Waals surface area contributed by atoms with Crippen LogP contribution in [-0.2, 0) is 4.79 Å². The van der Waals surface area contributed by atoms with Gasteiger partial charge in [0, 0.05) is 11.8 Å².